The average Bonchev–Trinajstić information content (AvgIpc) is 3.95. The Kier molecular flexibility index (Phi) is 12.7. The first-order valence-corrected chi connectivity index (χ1v) is 21.0. The molecule has 51 heavy (non-hydrogen) atoms. The van der Waals surface area contributed by atoms with Crippen molar-refractivity contribution in [1.82, 2.24) is 26.2 Å². The van der Waals surface area contributed by atoms with Gasteiger partial charge in [0, 0.05) is 12.6 Å². The van der Waals surface area contributed by atoms with E-state index in [1.165, 1.54) is 0 Å². The van der Waals surface area contributed by atoms with Crippen molar-refractivity contribution in [2.24, 2.45) is 29.1 Å². The molecule has 1 heterocycles. The minimum Gasteiger partial charge on any atom is -0.347 e. The number of urea groups is 1. The molecule has 5 amide bonds. The third-order valence-corrected chi connectivity index (χ3v) is 14.3. The molecule has 1 unspecified atom stereocenters. The van der Waals surface area contributed by atoms with Crippen molar-refractivity contribution in [3.63, 3.8) is 0 Å². The molecule has 0 spiro atoms. The fourth-order valence-corrected chi connectivity index (χ4v) is 9.46. The number of Topliss-reactive ketones (excluding diaryl/α,β-unsaturated/α-hetero) is 1. The van der Waals surface area contributed by atoms with Gasteiger partial charge in [-0.25, -0.2) is 13.2 Å². The van der Waals surface area contributed by atoms with Crippen LogP contribution in [0.5, 0.6) is 0 Å². The number of carbonyl (C=O) groups is 5. The zero-order chi connectivity index (χ0) is 38.1. The molecule has 12 nitrogen and oxygen atoms in total. The lowest BCUT2D eigenvalue weighted by Crippen LogP contribution is -2.64. The fourth-order valence-electron chi connectivity index (χ4n) is 7.94. The van der Waals surface area contributed by atoms with Crippen molar-refractivity contribution in [3.05, 3.63) is 0 Å². The SMILES string of the molecule is CC(C)[C@@H]1[C@@H](C(=O)N[C@H](CCC2CC2)C(=O)C(=O)NC2CC2)N(C(=O)C(NC(=O)NC2(CS(=O)(=O)C(C)(C)C)CCCCC2)C(C)(C)C)C[C@@H]1C. The van der Waals surface area contributed by atoms with Crippen LogP contribution in [0.3, 0.4) is 0 Å². The first kappa shape index (κ1) is 41.1. The van der Waals surface area contributed by atoms with Crippen LogP contribution in [0.2, 0.25) is 0 Å². The Balaban J connectivity index is 1.57. The lowest BCUT2D eigenvalue weighted by Gasteiger charge is -2.41. The number of hydrogen-bond donors (Lipinski definition) is 4. The van der Waals surface area contributed by atoms with Gasteiger partial charge >= 0.3 is 6.03 Å². The van der Waals surface area contributed by atoms with E-state index in [0.717, 1.165) is 51.4 Å². The molecule has 0 aromatic heterocycles. The predicted molar refractivity (Wildman–Crippen MR) is 197 cm³/mol. The molecule has 4 N–H and O–H groups in total. The van der Waals surface area contributed by atoms with Crippen LogP contribution in [-0.4, -0.2) is 89.6 Å². The summed E-state index contributed by atoms with van der Waals surface area (Å²) in [6.07, 6.45) is 8.47. The summed E-state index contributed by atoms with van der Waals surface area (Å²) < 4.78 is 25.7. The highest BCUT2D eigenvalue weighted by atomic mass is 32.2. The number of ketones is 1. The van der Waals surface area contributed by atoms with Gasteiger partial charge in [0.1, 0.15) is 12.1 Å². The van der Waals surface area contributed by atoms with Gasteiger partial charge in [0.15, 0.2) is 9.84 Å². The molecular formula is C38H65N5O7S. The van der Waals surface area contributed by atoms with Crippen LogP contribution in [0, 0.1) is 29.1 Å². The van der Waals surface area contributed by atoms with Crippen molar-refractivity contribution in [2.45, 2.75) is 167 Å². The molecule has 0 radical (unpaired) electrons. The summed E-state index contributed by atoms with van der Waals surface area (Å²) in [7, 11) is -3.57. The predicted octanol–water partition coefficient (Wildman–Crippen LogP) is 4.26. The number of rotatable bonds is 14. The maximum atomic E-state index is 14.6. The second kappa shape index (κ2) is 15.7. The van der Waals surface area contributed by atoms with Crippen LogP contribution in [0.4, 0.5) is 4.79 Å². The molecule has 0 bridgehead atoms. The summed E-state index contributed by atoms with van der Waals surface area (Å²) in [5.41, 5.74) is -1.73. The van der Waals surface area contributed by atoms with Crippen molar-refractivity contribution in [1.29, 1.82) is 0 Å². The Morgan fingerprint density at radius 3 is 2.00 bits per heavy atom. The third kappa shape index (κ3) is 10.5. The van der Waals surface area contributed by atoms with Crippen LogP contribution >= 0.6 is 0 Å². The molecular weight excluding hydrogens is 671 g/mol. The van der Waals surface area contributed by atoms with Crippen LogP contribution in [-0.2, 0) is 29.0 Å². The summed E-state index contributed by atoms with van der Waals surface area (Å²) in [6, 6.07) is -3.55. The first-order chi connectivity index (χ1) is 23.5. The maximum absolute atomic E-state index is 14.6. The fraction of sp³-hybridized carbons (Fsp3) is 0.868. The van der Waals surface area contributed by atoms with Crippen LogP contribution in [0.25, 0.3) is 0 Å². The number of hydrogen-bond acceptors (Lipinski definition) is 7. The number of nitrogens with one attached hydrogen (secondary N) is 4. The van der Waals surface area contributed by atoms with Gasteiger partial charge in [-0.05, 0) is 88.4 Å². The molecule has 3 aliphatic carbocycles. The third-order valence-electron chi connectivity index (χ3n) is 11.5. The minimum atomic E-state index is -3.57. The van der Waals surface area contributed by atoms with Gasteiger partial charge in [-0.15, -0.1) is 0 Å². The number of sulfone groups is 1. The maximum Gasteiger partial charge on any atom is 0.315 e. The van der Waals surface area contributed by atoms with Gasteiger partial charge in [0.2, 0.25) is 17.6 Å². The Hall–Kier alpha value is -2.70. The second-order valence-electron chi connectivity index (χ2n) is 18.5. The Morgan fingerprint density at radius 2 is 1.49 bits per heavy atom. The van der Waals surface area contributed by atoms with Crippen LogP contribution < -0.4 is 21.3 Å². The standard InChI is InChI=1S/C38H65N5O7S/c1-23(2)28-24(3)21-43(29(28)32(45)40-27(18-15-25-13-14-25)30(44)33(46)39-26-16-17-26)34(47)31(36(4,5)6)41-35(48)42-38(19-11-10-12-20-38)22-51(49,50)37(7,8)9/h23-29,31H,10-22H2,1-9H3,(H,39,46)(H,40,45)(H2,41,42,48)/t24-,27+,28-,29-,31?/m0/s1. The van der Waals surface area contributed by atoms with E-state index < -0.39 is 73.2 Å². The Morgan fingerprint density at radius 1 is 0.882 bits per heavy atom. The van der Waals surface area contributed by atoms with Gasteiger partial charge in [-0.1, -0.05) is 73.6 Å². The summed E-state index contributed by atoms with van der Waals surface area (Å²) in [4.78, 5) is 70.6. The highest BCUT2D eigenvalue weighted by Crippen LogP contribution is 2.38. The molecule has 5 atom stereocenters. The van der Waals surface area contributed by atoms with E-state index in [9.17, 15) is 32.4 Å². The van der Waals surface area contributed by atoms with Crippen molar-refractivity contribution < 1.29 is 32.4 Å². The van der Waals surface area contributed by atoms with Crippen LogP contribution in [0.15, 0.2) is 0 Å². The molecule has 0 aromatic rings. The number of likely N-dealkylation sites (tertiary alicyclic amines) is 1. The summed E-state index contributed by atoms with van der Waals surface area (Å²) in [5, 5.41) is 11.6. The molecule has 1 saturated heterocycles. The quantitative estimate of drug-likeness (QED) is 0.193. The molecule has 290 valence electrons. The Labute approximate surface area is 306 Å². The zero-order valence-corrected chi connectivity index (χ0v) is 33.3. The lowest BCUT2D eigenvalue weighted by atomic mass is 9.81. The van der Waals surface area contributed by atoms with Crippen molar-refractivity contribution >= 4 is 39.4 Å². The highest BCUT2D eigenvalue weighted by molar-refractivity contribution is 7.92. The van der Waals surface area contributed by atoms with Crippen LogP contribution in [0.1, 0.15) is 133 Å². The monoisotopic (exact) mass is 735 g/mol. The lowest BCUT2D eigenvalue weighted by molar-refractivity contribution is -0.145. The first-order valence-electron chi connectivity index (χ1n) is 19.3. The number of carbonyl (C=O) groups excluding carboxylic acids is 5. The molecule has 4 fully saturated rings. The minimum absolute atomic E-state index is 0.00488. The largest absolute Gasteiger partial charge is 0.347 e. The summed E-state index contributed by atoms with van der Waals surface area (Å²) in [5.74, 6) is -2.17. The topological polar surface area (TPSA) is 171 Å². The van der Waals surface area contributed by atoms with E-state index in [-0.39, 0.29) is 36.1 Å². The van der Waals surface area contributed by atoms with Crippen molar-refractivity contribution in [3.8, 4) is 0 Å². The summed E-state index contributed by atoms with van der Waals surface area (Å²) in [6.45, 7) is 16.8. The average molecular weight is 736 g/mol. The van der Waals surface area contributed by atoms with E-state index in [4.69, 9.17) is 0 Å². The smallest absolute Gasteiger partial charge is 0.315 e. The normalized spacial score (nSPS) is 25.1. The molecule has 4 rings (SSSR count). The second-order valence-corrected chi connectivity index (χ2v) is 21.3. The molecule has 3 saturated carbocycles. The zero-order valence-electron chi connectivity index (χ0n) is 32.5. The van der Waals surface area contributed by atoms with E-state index in [1.807, 2.05) is 41.5 Å². The molecule has 1 aliphatic heterocycles. The number of amides is 5. The Bertz CT molecular complexity index is 1420. The van der Waals surface area contributed by atoms with Gasteiger partial charge < -0.3 is 26.2 Å². The van der Waals surface area contributed by atoms with E-state index in [1.54, 1.807) is 25.7 Å². The molecule has 4 aliphatic rings. The molecule has 0 aromatic carbocycles. The van der Waals surface area contributed by atoms with E-state index in [2.05, 4.69) is 21.3 Å². The van der Waals surface area contributed by atoms with Gasteiger partial charge in [0.05, 0.1) is 22.1 Å². The summed E-state index contributed by atoms with van der Waals surface area (Å²) >= 11 is 0. The molecule has 13 heteroatoms. The van der Waals surface area contributed by atoms with Gasteiger partial charge in [-0.2, -0.15) is 0 Å². The van der Waals surface area contributed by atoms with E-state index >= 15 is 0 Å². The number of nitrogens with zero attached hydrogens (tertiary/aromatic N) is 1. The van der Waals surface area contributed by atoms with E-state index in [0.29, 0.717) is 25.2 Å². The highest BCUT2D eigenvalue weighted by Gasteiger charge is 2.51. The van der Waals surface area contributed by atoms with Gasteiger partial charge in [-0.3, -0.25) is 19.2 Å². The van der Waals surface area contributed by atoms with Gasteiger partial charge in [0.25, 0.3) is 5.91 Å². The van der Waals surface area contributed by atoms with Crippen molar-refractivity contribution in [2.75, 3.05) is 12.3 Å².